The minimum Gasteiger partial charge on any atom is -0.351 e. The molecule has 0 spiro atoms. The Hall–Kier alpha value is -0.770. The molecule has 5 heteroatoms. The molecule has 1 N–H and O–H groups in total. The highest BCUT2D eigenvalue weighted by molar-refractivity contribution is 6.19. The SMILES string of the molecule is CC(CN1CCCC1=O)NC(=O)C(C)(C)CCl. The Labute approximate surface area is 108 Å². The third kappa shape index (κ3) is 3.87. The third-order valence-corrected chi connectivity index (χ3v) is 3.66. The van der Waals surface area contributed by atoms with Gasteiger partial charge in [-0.15, -0.1) is 11.6 Å². The van der Waals surface area contributed by atoms with Crippen molar-refractivity contribution < 1.29 is 9.59 Å². The molecule has 0 aliphatic carbocycles. The second-order valence-electron chi connectivity index (χ2n) is 5.34. The van der Waals surface area contributed by atoms with Crippen molar-refractivity contribution in [1.82, 2.24) is 10.2 Å². The van der Waals surface area contributed by atoms with Crippen LogP contribution in [0, 0.1) is 5.41 Å². The maximum Gasteiger partial charge on any atom is 0.227 e. The van der Waals surface area contributed by atoms with Crippen LogP contribution < -0.4 is 5.32 Å². The highest BCUT2D eigenvalue weighted by atomic mass is 35.5. The molecule has 1 rings (SSSR count). The number of likely N-dealkylation sites (tertiary alicyclic amines) is 1. The van der Waals surface area contributed by atoms with Crippen molar-refractivity contribution in [2.75, 3.05) is 19.0 Å². The van der Waals surface area contributed by atoms with Crippen molar-refractivity contribution in [2.24, 2.45) is 5.41 Å². The first-order valence-electron chi connectivity index (χ1n) is 6.01. The predicted octanol–water partition coefficient (Wildman–Crippen LogP) is 1.38. The number of hydrogen-bond acceptors (Lipinski definition) is 2. The quantitative estimate of drug-likeness (QED) is 0.760. The Morgan fingerprint density at radius 1 is 1.59 bits per heavy atom. The van der Waals surface area contributed by atoms with Crippen LogP contribution in [-0.2, 0) is 9.59 Å². The fraction of sp³-hybridized carbons (Fsp3) is 0.833. The van der Waals surface area contributed by atoms with Crippen molar-refractivity contribution in [3.63, 3.8) is 0 Å². The molecule has 1 atom stereocenters. The highest BCUT2D eigenvalue weighted by Crippen LogP contribution is 2.17. The summed E-state index contributed by atoms with van der Waals surface area (Å²) in [6, 6.07) is -0.0351. The van der Waals surface area contributed by atoms with Crippen molar-refractivity contribution >= 4 is 23.4 Å². The number of alkyl halides is 1. The van der Waals surface area contributed by atoms with Gasteiger partial charge in [0.05, 0.1) is 5.41 Å². The Balaban J connectivity index is 2.41. The Morgan fingerprint density at radius 3 is 2.71 bits per heavy atom. The lowest BCUT2D eigenvalue weighted by Gasteiger charge is -2.26. The maximum absolute atomic E-state index is 11.9. The monoisotopic (exact) mass is 260 g/mol. The van der Waals surface area contributed by atoms with Gasteiger partial charge in [0.25, 0.3) is 0 Å². The summed E-state index contributed by atoms with van der Waals surface area (Å²) < 4.78 is 0. The summed E-state index contributed by atoms with van der Waals surface area (Å²) in [6.07, 6.45) is 1.56. The van der Waals surface area contributed by atoms with E-state index in [1.54, 1.807) is 4.90 Å². The van der Waals surface area contributed by atoms with Gasteiger partial charge in [-0.3, -0.25) is 9.59 Å². The van der Waals surface area contributed by atoms with E-state index in [1.807, 2.05) is 20.8 Å². The molecule has 1 aliphatic heterocycles. The Morgan fingerprint density at radius 2 is 2.24 bits per heavy atom. The lowest BCUT2D eigenvalue weighted by molar-refractivity contribution is -0.131. The third-order valence-electron chi connectivity index (χ3n) is 2.99. The van der Waals surface area contributed by atoms with Crippen molar-refractivity contribution in [1.29, 1.82) is 0 Å². The van der Waals surface area contributed by atoms with Crippen LogP contribution in [0.25, 0.3) is 0 Å². The number of hydrogen-bond donors (Lipinski definition) is 1. The van der Waals surface area contributed by atoms with Gasteiger partial charge in [-0.05, 0) is 27.2 Å². The minimum atomic E-state index is -0.565. The first-order chi connectivity index (χ1) is 7.86. The smallest absolute Gasteiger partial charge is 0.227 e. The van der Waals surface area contributed by atoms with Gasteiger partial charge < -0.3 is 10.2 Å². The number of nitrogens with zero attached hydrogens (tertiary/aromatic N) is 1. The fourth-order valence-electron chi connectivity index (χ4n) is 1.75. The van der Waals surface area contributed by atoms with Gasteiger partial charge in [0, 0.05) is 31.4 Å². The van der Waals surface area contributed by atoms with E-state index in [0.29, 0.717) is 13.0 Å². The summed E-state index contributed by atoms with van der Waals surface area (Å²) in [4.78, 5) is 25.1. The Kier molecular flexibility index (Phi) is 4.80. The first kappa shape index (κ1) is 14.3. The number of rotatable bonds is 5. The summed E-state index contributed by atoms with van der Waals surface area (Å²) in [5, 5.41) is 2.90. The Bertz CT molecular complexity index is 305. The number of halogens is 1. The number of amides is 2. The first-order valence-corrected chi connectivity index (χ1v) is 6.55. The summed E-state index contributed by atoms with van der Waals surface area (Å²) >= 11 is 5.74. The molecular weight excluding hydrogens is 240 g/mol. The molecule has 2 amide bonds. The zero-order chi connectivity index (χ0) is 13.1. The average molecular weight is 261 g/mol. The summed E-state index contributed by atoms with van der Waals surface area (Å²) in [5.74, 6) is 0.406. The van der Waals surface area contributed by atoms with Crippen LogP contribution in [0.15, 0.2) is 0 Å². The predicted molar refractivity (Wildman–Crippen MR) is 67.9 cm³/mol. The number of nitrogens with one attached hydrogen (secondary N) is 1. The molecule has 0 aromatic heterocycles. The second kappa shape index (κ2) is 5.71. The normalized spacial score (nSPS) is 18.4. The zero-order valence-electron chi connectivity index (χ0n) is 10.8. The van der Waals surface area contributed by atoms with Crippen molar-refractivity contribution in [3.8, 4) is 0 Å². The van der Waals surface area contributed by atoms with E-state index in [2.05, 4.69) is 5.32 Å². The largest absolute Gasteiger partial charge is 0.351 e. The summed E-state index contributed by atoms with van der Waals surface area (Å²) in [7, 11) is 0. The average Bonchev–Trinajstić information content (AvgIpc) is 2.64. The summed E-state index contributed by atoms with van der Waals surface area (Å²) in [5.41, 5.74) is -0.565. The van der Waals surface area contributed by atoms with E-state index in [0.717, 1.165) is 13.0 Å². The molecule has 0 radical (unpaired) electrons. The van der Waals surface area contributed by atoms with Gasteiger partial charge in [0.1, 0.15) is 0 Å². The standard InChI is InChI=1S/C12H21ClN2O2/c1-9(7-15-6-4-5-10(15)16)14-11(17)12(2,3)8-13/h9H,4-8H2,1-3H3,(H,14,17). The molecule has 98 valence electrons. The molecule has 0 aromatic carbocycles. The molecule has 1 heterocycles. The van der Waals surface area contributed by atoms with Gasteiger partial charge in [-0.2, -0.15) is 0 Å². The van der Waals surface area contributed by atoms with Crippen LogP contribution in [0.4, 0.5) is 0 Å². The lowest BCUT2D eigenvalue weighted by atomic mass is 9.95. The van der Waals surface area contributed by atoms with E-state index < -0.39 is 5.41 Å². The molecule has 4 nitrogen and oxygen atoms in total. The minimum absolute atomic E-state index is 0.0351. The van der Waals surface area contributed by atoms with E-state index in [9.17, 15) is 9.59 Å². The van der Waals surface area contributed by atoms with Crippen LogP contribution in [-0.4, -0.2) is 41.7 Å². The van der Waals surface area contributed by atoms with Gasteiger partial charge in [-0.25, -0.2) is 0 Å². The molecule has 1 saturated heterocycles. The van der Waals surface area contributed by atoms with E-state index in [-0.39, 0.29) is 23.7 Å². The van der Waals surface area contributed by atoms with E-state index in [4.69, 9.17) is 11.6 Å². The lowest BCUT2D eigenvalue weighted by Crippen LogP contribution is -2.47. The molecule has 0 aromatic rings. The van der Waals surface area contributed by atoms with Gasteiger partial charge in [0.15, 0.2) is 0 Å². The topological polar surface area (TPSA) is 49.4 Å². The number of carbonyl (C=O) groups is 2. The van der Waals surface area contributed by atoms with Crippen LogP contribution in [0.5, 0.6) is 0 Å². The molecule has 1 fully saturated rings. The highest BCUT2D eigenvalue weighted by Gasteiger charge is 2.29. The maximum atomic E-state index is 11.9. The van der Waals surface area contributed by atoms with Crippen molar-refractivity contribution in [2.45, 2.75) is 39.7 Å². The molecule has 1 unspecified atom stereocenters. The molecular formula is C12H21ClN2O2. The van der Waals surface area contributed by atoms with Crippen LogP contribution >= 0.6 is 11.6 Å². The van der Waals surface area contributed by atoms with Gasteiger partial charge in [-0.1, -0.05) is 0 Å². The zero-order valence-corrected chi connectivity index (χ0v) is 11.5. The van der Waals surface area contributed by atoms with E-state index >= 15 is 0 Å². The van der Waals surface area contributed by atoms with Crippen LogP contribution in [0.3, 0.4) is 0 Å². The van der Waals surface area contributed by atoms with Crippen molar-refractivity contribution in [3.05, 3.63) is 0 Å². The second-order valence-corrected chi connectivity index (χ2v) is 5.60. The molecule has 0 saturated carbocycles. The van der Waals surface area contributed by atoms with E-state index in [1.165, 1.54) is 0 Å². The molecule has 1 aliphatic rings. The van der Waals surface area contributed by atoms with Gasteiger partial charge in [0.2, 0.25) is 11.8 Å². The van der Waals surface area contributed by atoms with Gasteiger partial charge >= 0.3 is 0 Å². The molecule has 0 bridgehead atoms. The summed E-state index contributed by atoms with van der Waals surface area (Å²) in [6.45, 7) is 6.92. The van der Waals surface area contributed by atoms with Crippen LogP contribution in [0.1, 0.15) is 33.6 Å². The van der Waals surface area contributed by atoms with Crippen LogP contribution in [0.2, 0.25) is 0 Å². The number of carbonyl (C=O) groups excluding carboxylic acids is 2. The molecule has 17 heavy (non-hydrogen) atoms. The fourth-order valence-corrected chi connectivity index (χ4v) is 1.87.